The van der Waals surface area contributed by atoms with Gasteiger partial charge in [-0.1, -0.05) is 42.0 Å². The molecule has 1 aliphatic rings. The molecule has 0 radical (unpaired) electrons. The van der Waals surface area contributed by atoms with E-state index in [1.165, 1.54) is 18.2 Å². The number of ketones is 1. The Morgan fingerprint density at radius 1 is 1.16 bits per heavy atom. The topological polar surface area (TPSA) is 110 Å². The predicted octanol–water partition coefficient (Wildman–Crippen LogP) is 2.61. The van der Waals surface area contributed by atoms with E-state index >= 15 is 0 Å². The summed E-state index contributed by atoms with van der Waals surface area (Å²) in [7, 11) is 0. The number of aliphatic hydroxyl groups is 1. The molecule has 1 saturated heterocycles. The van der Waals surface area contributed by atoms with Crippen LogP contribution in [0.4, 0.5) is 5.69 Å². The number of nitrogens with zero attached hydrogens (tertiary/aromatic N) is 1. The molecule has 7 heteroatoms. The van der Waals surface area contributed by atoms with Gasteiger partial charge in [0, 0.05) is 17.7 Å². The van der Waals surface area contributed by atoms with Gasteiger partial charge in [0.15, 0.2) is 0 Å². The molecule has 0 unspecified atom stereocenters. The first kappa shape index (κ1) is 16.4. The molecule has 0 saturated carbocycles. The van der Waals surface area contributed by atoms with Crippen LogP contribution in [0.5, 0.6) is 0 Å². The summed E-state index contributed by atoms with van der Waals surface area (Å²) >= 11 is 0. The quantitative estimate of drug-likeness (QED) is 0.294. The summed E-state index contributed by atoms with van der Waals surface area (Å²) in [6.45, 7) is 1.88. The number of nitrogens with one attached hydrogen (secondary N) is 1. The Bertz CT molecular complexity index is 915. The van der Waals surface area contributed by atoms with Crippen molar-refractivity contribution in [2.45, 2.75) is 13.0 Å². The minimum Gasteiger partial charge on any atom is -0.507 e. The molecular weight excluding hydrogens is 324 g/mol. The lowest BCUT2D eigenvalue weighted by Gasteiger charge is -2.13. The Hall–Kier alpha value is -3.48. The molecule has 1 heterocycles. The first-order valence-electron chi connectivity index (χ1n) is 7.48. The maximum absolute atomic E-state index is 12.2. The van der Waals surface area contributed by atoms with Gasteiger partial charge in [0.2, 0.25) is 0 Å². The number of nitro groups is 1. The Morgan fingerprint density at radius 2 is 1.84 bits per heavy atom. The van der Waals surface area contributed by atoms with Gasteiger partial charge in [0.25, 0.3) is 17.4 Å². The molecule has 1 fully saturated rings. The standard InChI is InChI=1S/C18H14N2O5/c1-10-5-7-11(8-6-10)16(21)14-15(19-18(23)17(14)22)12-3-2-4-13(9-12)20(24)25/h2-9,15,21H,1H3,(H,19,23)/t15-/m1/s1. The second kappa shape index (κ2) is 6.20. The van der Waals surface area contributed by atoms with Crippen molar-refractivity contribution in [1.82, 2.24) is 5.32 Å². The summed E-state index contributed by atoms with van der Waals surface area (Å²) in [5.74, 6) is -2.03. The largest absolute Gasteiger partial charge is 0.507 e. The molecular formula is C18H14N2O5. The Labute approximate surface area is 142 Å². The SMILES string of the molecule is Cc1ccc(C(O)=C2C(=O)C(=O)N[C@@H]2c2cccc([N+](=O)[O-])c2)cc1. The molecule has 0 aliphatic carbocycles. The first-order valence-corrected chi connectivity index (χ1v) is 7.48. The summed E-state index contributed by atoms with van der Waals surface area (Å²) < 4.78 is 0. The molecule has 1 amide bonds. The summed E-state index contributed by atoms with van der Waals surface area (Å²) in [6, 6.07) is 11.5. The number of rotatable bonds is 3. The van der Waals surface area contributed by atoms with Gasteiger partial charge in [-0.15, -0.1) is 0 Å². The van der Waals surface area contributed by atoms with Crippen molar-refractivity contribution < 1.29 is 19.6 Å². The van der Waals surface area contributed by atoms with Gasteiger partial charge in [-0.3, -0.25) is 19.7 Å². The molecule has 7 nitrogen and oxygen atoms in total. The van der Waals surface area contributed by atoms with Crippen molar-refractivity contribution in [1.29, 1.82) is 0 Å². The van der Waals surface area contributed by atoms with Crippen LogP contribution in [0, 0.1) is 17.0 Å². The van der Waals surface area contributed by atoms with E-state index in [9.17, 15) is 24.8 Å². The molecule has 3 rings (SSSR count). The third-order valence-electron chi connectivity index (χ3n) is 4.01. The maximum Gasteiger partial charge on any atom is 0.293 e. The summed E-state index contributed by atoms with van der Waals surface area (Å²) in [5.41, 5.74) is 1.43. The predicted molar refractivity (Wildman–Crippen MR) is 89.7 cm³/mol. The van der Waals surface area contributed by atoms with Crippen molar-refractivity contribution in [3.63, 3.8) is 0 Å². The highest BCUT2D eigenvalue weighted by Gasteiger charge is 2.39. The summed E-state index contributed by atoms with van der Waals surface area (Å²) in [6.07, 6.45) is 0. The first-order chi connectivity index (χ1) is 11.9. The number of non-ortho nitro benzene ring substituents is 1. The molecule has 2 N–H and O–H groups in total. The van der Waals surface area contributed by atoms with Crippen LogP contribution >= 0.6 is 0 Å². The molecule has 0 bridgehead atoms. The minimum atomic E-state index is -0.943. The Balaban J connectivity index is 2.12. The average Bonchev–Trinajstić information content (AvgIpc) is 2.90. The van der Waals surface area contributed by atoms with E-state index in [-0.39, 0.29) is 17.0 Å². The molecule has 0 spiro atoms. The van der Waals surface area contributed by atoms with Crippen molar-refractivity contribution in [3.8, 4) is 0 Å². The number of carbonyl (C=O) groups is 2. The van der Waals surface area contributed by atoms with E-state index in [1.807, 2.05) is 6.92 Å². The van der Waals surface area contributed by atoms with Crippen LogP contribution < -0.4 is 5.32 Å². The minimum absolute atomic E-state index is 0.116. The van der Waals surface area contributed by atoms with Crippen molar-refractivity contribution in [2.75, 3.05) is 0 Å². The number of hydrogen-bond acceptors (Lipinski definition) is 5. The van der Waals surface area contributed by atoms with E-state index in [2.05, 4.69) is 5.32 Å². The van der Waals surface area contributed by atoms with E-state index in [0.717, 1.165) is 5.56 Å². The third-order valence-corrected chi connectivity index (χ3v) is 4.01. The van der Waals surface area contributed by atoms with Gasteiger partial charge in [-0.25, -0.2) is 0 Å². The number of carbonyl (C=O) groups excluding carboxylic acids is 2. The monoisotopic (exact) mass is 338 g/mol. The van der Waals surface area contributed by atoms with Gasteiger partial charge in [0.1, 0.15) is 5.76 Å². The number of aryl methyl sites for hydroxylation is 1. The molecule has 1 aliphatic heterocycles. The number of benzene rings is 2. The lowest BCUT2D eigenvalue weighted by molar-refractivity contribution is -0.384. The Morgan fingerprint density at radius 3 is 2.48 bits per heavy atom. The van der Waals surface area contributed by atoms with Crippen LogP contribution in [0.25, 0.3) is 5.76 Å². The highest BCUT2D eigenvalue weighted by molar-refractivity contribution is 6.46. The second-order valence-electron chi connectivity index (χ2n) is 5.72. The Kier molecular flexibility index (Phi) is 4.06. The highest BCUT2D eigenvalue weighted by Crippen LogP contribution is 2.34. The number of aliphatic hydroxyl groups excluding tert-OH is 1. The van der Waals surface area contributed by atoms with Gasteiger partial charge in [-0.2, -0.15) is 0 Å². The lowest BCUT2D eigenvalue weighted by atomic mass is 9.95. The number of nitro benzene ring substituents is 1. The molecule has 2 aromatic carbocycles. The normalized spacial score (nSPS) is 18.8. The molecule has 1 atom stereocenters. The van der Waals surface area contributed by atoms with Crippen molar-refractivity contribution >= 4 is 23.1 Å². The third kappa shape index (κ3) is 2.99. The van der Waals surface area contributed by atoms with E-state index < -0.39 is 22.7 Å². The van der Waals surface area contributed by atoms with Gasteiger partial charge < -0.3 is 10.4 Å². The van der Waals surface area contributed by atoms with Gasteiger partial charge in [0.05, 0.1) is 16.5 Å². The molecule has 0 aromatic heterocycles. The van der Waals surface area contributed by atoms with Crippen LogP contribution in [-0.4, -0.2) is 21.7 Å². The van der Waals surface area contributed by atoms with Crippen molar-refractivity contribution in [3.05, 3.63) is 80.9 Å². The van der Waals surface area contributed by atoms with E-state index in [4.69, 9.17) is 0 Å². The fraction of sp³-hybridized carbons (Fsp3) is 0.111. The number of Topliss-reactive ketones (excluding diaryl/α,β-unsaturated/α-hetero) is 1. The molecule has 2 aromatic rings. The zero-order valence-electron chi connectivity index (χ0n) is 13.2. The maximum atomic E-state index is 12.2. The highest BCUT2D eigenvalue weighted by atomic mass is 16.6. The van der Waals surface area contributed by atoms with Crippen LogP contribution in [0.1, 0.15) is 22.7 Å². The zero-order valence-corrected chi connectivity index (χ0v) is 13.2. The molecule has 25 heavy (non-hydrogen) atoms. The van der Waals surface area contributed by atoms with Crippen LogP contribution in [0.15, 0.2) is 54.1 Å². The fourth-order valence-electron chi connectivity index (χ4n) is 2.70. The average molecular weight is 338 g/mol. The number of hydrogen-bond donors (Lipinski definition) is 2. The zero-order chi connectivity index (χ0) is 18.1. The summed E-state index contributed by atoms with van der Waals surface area (Å²) in [5, 5.41) is 24.0. The van der Waals surface area contributed by atoms with Crippen LogP contribution in [0.3, 0.4) is 0 Å². The van der Waals surface area contributed by atoms with Crippen LogP contribution in [0.2, 0.25) is 0 Å². The van der Waals surface area contributed by atoms with Gasteiger partial charge in [-0.05, 0) is 12.5 Å². The second-order valence-corrected chi connectivity index (χ2v) is 5.72. The van der Waals surface area contributed by atoms with E-state index in [1.54, 1.807) is 30.3 Å². The van der Waals surface area contributed by atoms with E-state index in [0.29, 0.717) is 11.1 Å². The van der Waals surface area contributed by atoms with Crippen LogP contribution in [-0.2, 0) is 9.59 Å². The smallest absolute Gasteiger partial charge is 0.293 e. The van der Waals surface area contributed by atoms with Gasteiger partial charge >= 0.3 is 0 Å². The lowest BCUT2D eigenvalue weighted by Crippen LogP contribution is -2.21. The van der Waals surface area contributed by atoms with Crippen molar-refractivity contribution in [2.24, 2.45) is 0 Å². The summed E-state index contributed by atoms with van der Waals surface area (Å²) in [4.78, 5) is 34.5. The fourth-order valence-corrected chi connectivity index (χ4v) is 2.70. The number of amides is 1. The molecule has 126 valence electrons.